The van der Waals surface area contributed by atoms with Crippen molar-refractivity contribution >= 4 is 11.6 Å². The minimum atomic E-state index is -0.320. The van der Waals surface area contributed by atoms with Crippen molar-refractivity contribution in [2.45, 2.75) is 6.54 Å². The molecule has 0 bridgehead atoms. The molecular weight excluding hydrogens is 272 g/mol. The number of nitrogens with two attached hydrogens (primary N) is 1. The molecule has 7 nitrogen and oxygen atoms in total. The first-order chi connectivity index (χ1) is 10.2. The molecule has 3 N–H and O–H groups in total. The lowest BCUT2D eigenvalue weighted by Crippen LogP contribution is -2.24. The first-order valence-corrected chi connectivity index (χ1v) is 6.22. The normalized spacial score (nSPS) is 10.0. The second kappa shape index (κ2) is 6.56. The van der Waals surface area contributed by atoms with Gasteiger partial charge in [-0.3, -0.25) is 4.79 Å². The van der Waals surface area contributed by atoms with Crippen LogP contribution < -0.4 is 20.5 Å². The number of benzene rings is 1. The number of nitrogen functional groups attached to an aromatic ring is 1. The lowest BCUT2D eigenvalue weighted by molar-refractivity contribution is 0.0951. The minimum Gasteiger partial charge on any atom is -0.493 e. The van der Waals surface area contributed by atoms with Gasteiger partial charge in [0, 0.05) is 18.0 Å². The third kappa shape index (κ3) is 3.38. The number of amides is 1. The number of carbonyl (C=O) groups excluding carboxylic acids is 1. The zero-order valence-electron chi connectivity index (χ0n) is 11.8. The Hall–Kier alpha value is -2.83. The Balaban J connectivity index is 2.15. The molecule has 2 aromatic rings. The zero-order chi connectivity index (χ0) is 15.2. The maximum absolute atomic E-state index is 12.2. The van der Waals surface area contributed by atoms with Crippen LogP contribution in [0.2, 0.25) is 0 Å². The number of ether oxygens (including phenoxy) is 2. The zero-order valence-corrected chi connectivity index (χ0v) is 11.8. The van der Waals surface area contributed by atoms with E-state index in [1.807, 2.05) is 0 Å². The number of nitrogens with zero attached hydrogens (tertiary/aromatic N) is 2. The largest absolute Gasteiger partial charge is 0.493 e. The van der Waals surface area contributed by atoms with Gasteiger partial charge in [-0.15, -0.1) is 0 Å². The molecule has 0 saturated carbocycles. The maximum atomic E-state index is 12.2. The molecule has 0 radical (unpaired) electrons. The van der Waals surface area contributed by atoms with Gasteiger partial charge in [0.1, 0.15) is 0 Å². The van der Waals surface area contributed by atoms with Gasteiger partial charge in [0.15, 0.2) is 11.5 Å². The number of nitrogens with one attached hydrogen (secondary N) is 1. The average Bonchev–Trinajstić information content (AvgIpc) is 2.53. The van der Waals surface area contributed by atoms with Crippen LogP contribution in [-0.2, 0) is 6.54 Å². The second-order valence-electron chi connectivity index (χ2n) is 4.19. The Labute approximate surface area is 122 Å². The summed E-state index contributed by atoms with van der Waals surface area (Å²) in [5.41, 5.74) is 7.15. The summed E-state index contributed by atoms with van der Waals surface area (Å²) >= 11 is 0. The van der Waals surface area contributed by atoms with Crippen LogP contribution in [0.15, 0.2) is 30.5 Å². The van der Waals surface area contributed by atoms with Crippen molar-refractivity contribution < 1.29 is 14.3 Å². The van der Waals surface area contributed by atoms with Crippen molar-refractivity contribution in [3.05, 3.63) is 41.7 Å². The molecule has 7 heteroatoms. The number of anilines is 1. The monoisotopic (exact) mass is 288 g/mol. The van der Waals surface area contributed by atoms with Gasteiger partial charge in [-0.1, -0.05) is 0 Å². The molecule has 1 aromatic carbocycles. The summed E-state index contributed by atoms with van der Waals surface area (Å²) in [5, 5.41) is 10.4. The molecule has 0 aliphatic heterocycles. The van der Waals surface area contributed by atoms with Crippen LogP contribution >= 0.6 is 0 Å². The quantitative estimate of drug-likeness (QED) is 0.796. The molecule has 1 heterocycles. The van der Waals surface area contributed by atoms with E-state index in [9.17, 15) is 4.79 Å². The van der Waals surface area contributed by atoms with Gasteiger partial charge in [0.2, 0.25) is 0 Å². The summed E-state index contributed by atoms with van der Waals surface area (Å²) in [6.45, 7) is 0.264. The van der Waals surface area contributed by atoms with Crippen LogP contribution in [0.4, 0.5) is 5.69 Å². The highest BCUT2D eigenvalue weighted by Gasteiger charge is 2.15. The first kappa shape index (κ1) is 14.6. The number of aromatic nitrogens is 2. The second-order valence-corrected chi connectivity index (χ2v) is 4.19. The van der Waals surface area contributed by atoms with Gasteiger partial charge in [0.05, 0.1) is 32.0 Å². The SMILES string of the molecule is COc1cc(N)c(C(=O)NCc2cccnn2)cc1OC. The predicted octanol–water partition coefficient (Wildman–Crippen LogP) is 1.01. The van der Waals surface area contributed by atoms with Crippen LogP contribution in [-0.4, -0.2) is 30.3 Å². The van der Waals surface area contributed by atoms with Gasteiger partial charge in [0.25, 0.3) is 5.91 Å². The van der Waals surface area contributed by atoms with E-state index in [0.717, 1.165) is 0 Å². The van der Waals surface area contributed by atoms with E-state index >= 15 is 0 Å². The van der Waals surface area contributed by atoms with Crippen molar-refractivity contribution in [2.75, 3.05) is 20.0 Å². The molecule has 0 atom stereocenters. The third-order valence-corrected chi connectivity index (χ3v) is 2.86. The average molecular weight is 288 g/mol. The fourth-order valence-corrected chi connectivity index (χ4v) is 1.79. The number of rotatable bonds is 5. The van der Waals surface area contributed by atoms with Gasteiger partial charge < -0.3 is 20.5 Å². The Bertz CT molecular complexity index is 632. The molecule has 0 spiro atoms. The topological polar surface area (TPSA) is 99.4 Å². The highest BCUT2D eigenvalue weighted by Crippen LogP contribution is 2.31. The van der Waals surface area contributed by atoms with Gasteiger partial charge in [-0.05, 0) is 18.2 Å². The Morgan fingerprint density at radius 1 is 1.29 bits per heavy atom. The predicted molar refractivity (Wildman–Crippen MR) is 77.2 cm³/mol. The summed E-state index contributed by atoms with van der Waals surface area (Å²) in [6, 6.07) is 6.61. The van der Waals surface area contributed by atoms with E-state index in [1.54, 1.807) is 30.5 Å². The third-order valence-electron chi connectivity index (χ3n) is 2.86. The molecule has 0 unspecified atom stereocenters. The standard InChI is InChI=1S/C14H16N4O3/c1-20-12-6-10(11(15)7-13(12)21-2)14(19)16-8-9-4-3-5-17-18-9/h3-7H,8,15H2,1-2H3,(H,16,19). The minimum absolute atomic E-state index is 0.264. The Morgan fingerprint density at radius 3 is 2.62 bits per heavy atom. The van der Waals surface area contributed by atoms with E-state index in [0.29, 0.717) is 28.4 Å². The molecule has 2 rings (SSSR count). The van der Waals surface area contributed by atoms with E-state index in [2.05, 4.69) is 15.5 Å². The van der Waals surface area contributed by atoms with Gasteiger partial charge in [-0.2, -0.15) is 10.2 Å². The number of hydrogen-bond acceptors (Lipinski definition) is 6. The maximum Gasteiger partial charge on any atom is 0.253 e. The highest BCUT2D eigenvalue weighted by atomic mass is 16.5. The fourth-order valence-electron chi connectivity index (χ4n) is 1.79. The number of carbonyl (C=O) groups is 1. The Kier molecular flexibility index (Phi) is 4.55. The van der Waals surface area contributed by atoms with Crippen LogP contribution in [0.1, 0.15) is 16.1 Å². The van der Waals surface area contributed by atoms with Crippen molar-refractivity contribution in [3.63, 3.8) is 0 Å². The molecule has 1 amide bonds. The highest BCUT2D eigenvalue weighted by molar-refractivity contribution is 6.00. The van der Waals surface area contributed by atoms with Crippen LogP contribution in [0.25, 0.3) is 0 Å². The molecule has 0 aliphatic rings. The molecular formula is C14H16N4O3. The van der Waals surface area contributed by atoms with E-state index in [1.165, 1.54) is 14.2 Å². The molecule has 110 valence electrons. The van der Waals surface area contributed by atoms with Crippen LogP contribution in [0, 0.1) is 0 Å². The van der Waals surface area contributed by atoms with Crippen molar-refractivity contribution in [3.8, 4) is 11.5 Å². The lowest BCUT2D eigenvalue weighted by Gasteiger charge is -2.12. The van der Waals surface area contributed by atoms with Gasteiger partial charge >= 0.3 is 0 Å². The summed E-state index contributed by atoms with van der Waals surface area (Å²) in [5.74, 6) is 0.593. The summed E-state index contributed by atoms with van der Waals surface area (Å²) in [6.07, 6.45) is 1.57. The summed E-state index contributed by atoms with van der Waals surface area (Å²) < 4.78 is 10.3. The molecule has 0 aliphatic carbocycles. The van der Waals surface area contributed by atoms with Gasteiger partial charge in [-0.25, -0.2) is 0 Å². The number of hydrogen-bond donors (Lipinski definition) is 2. The van der Waals surface area contributed by atoms with Crippen molar-refractivity contribution in [2.24, 2.45) is 0 Å². The van der Waals surface area contributed by atoms with Crippen molar-refractivity contribution in [1.82, 2.24) is 15.5 Å². The first-order valence-electron chi connectivity index (χ1n) is 6.22. The number of methoxy groups -OCH3 is 2. The van der Waals surface area contributed by atoms with Crippen LogP contribution in [0.5, 0.6) is 11.5 Å². The van der Waals surface area contributed by atoms with E-state index in [4.69, 9.17) is 15.2 Å². The molecule has 0 saturated heterocycles. The van der Waals surface area contributed by atoms with Crippen LogP contribution in [0.3, 0.4) is 0 Å². The molecule has 1 aromatic heterocycles. The molecule has 0 fully saturated rings. The van der Waals surface area contributed by atoms with Crippen molar-refractivity contribution in [1.29, 1.82) is 0 Å². The fraction of sp³-hybridized carbons (Fsp3) is 0.214. The van der Waals surface area contributed by atoms with E-state index in [-0.39, 0.29) is 12.5 Å². The van der Waals surface area contributed by atoms with E-state index < -0.39 is 0 Å². The molecule has 21 heavy (non-hydrogen) atoms. The summed E-state index contributed by atoms with van der Waals surface area (Å²) in [7, 11) is 3.00. The smallest absolute Gasteiger partial charge is 0.253 e. The summed E-state index contributed by atoms with van der Waals surface area (Å²) in [4.78, 5) is 12.2. The Morgan fingerprint density at radius 2 is 2.00 bits per heavy atom. The lowest BCUT2D eigenvalue weighted by atomic mass is 10.1.